The lowest BCUT2D eigenvalue weighted by atomic mass is 10.2. The molecular formula is C22H24N4O2. The number of ether oxygens (including phenoxy) is 1. The molecule has 3 rings (SSSR count). The molecule has 0 bridgehead atoms. The molecule has 6 nitrogen and oxygen atoms in total. The van der Waals surface area contributed by atoms with Crippen LogP contribution in [0.15, 0.2) is 60.9 Å². The van der Waals surface area contributed by atoms with E-state index in [2.05, 4.69) is 15.3 Å². The van der Waals surface area contributed by atoms with Crippen LogP contribution in [0.25, 0.3) is 0 Å². The van der Waals surface area contributed by atoms with E-state index in [0.29, 0.717) is 24.6 Å². The topological polar surface area (TPSA) is 67.4 Å². The molecule has 0 saturated heterocycles. The Hall–Kier alpha value is -3.41. The molecule has 0 atom stereocenters. The normalized spacial score (nSPS) is 10.4. The Morgan fingerprint density at radius 2 is 1.89 bits per heavy atom. The zero-order chi connectivity index (χ0) is 19.9. The van der Waals surface area contributed by atoms with Gasteiger partial charge in [-0.25, -0.2) is 9.97 Å². The molecule has 1 heterocycles. The molecule has 3 aromatic rings. The Balaban J connectivity index is 1.66. The van der Waals surface area contributed by atoms with E-state index < -0.39 is 0 Å². The summed E-state index contributed by atoms with van der Waals surface area (Å²) in [5.41, 5.74) is 3.38. The van der Waals surface area contributed by atoms with Crippen LogP contribution in [0.5, 0.6) is 5.75 Å². The van der Waals surface area contributed by atoms with E-state index >= 15 is 0 Å². The van der Waals surface area contributed by atoms with E-state index in [0.717, 1.165) is 22.6 Å². The van der Waals surface area contributed by atoms with Gasteiger partial charge in [-0.05, 0) is 49.2 Å². The van der Waals surface area contributed by atoms with Crippen molar-refractivity contribution in [1.29, 1.82) is 0 Å². The standard InChI is InChI=1S/C22H24N4O2/c1-4-26(18-7-5-6-16(2)12-18)22(27)20-14-25-21(15-23-20)24-13-17-8-10-19(28-3)11-9-17/h5-12,14-15H,4,13H2,1-3H3,(H,24,25). The van der Waals surface area contributed by atoms with Gasteiger partial charge in [0.05, 0.1) is 19.5 Å². The van der Waals surface area contributed by atoms with Gasteiger partial charge in [0.2, 0.25) is 0 Å². The Bertz CT molecular complexity index is 924. The fourth-order valence-electron chi connectivity index (χ4n) is 2.84. The average Bonchev–Trinajstić information content (AvgIpc) is 2.73. The van der Waals surface area contributed by atoms with Gasteiger partial charge in [0.25, 0.3) is 5.91 Å². The van der Waals surface area contributed by atoms with Gasteiger partial charge in [0.1, 0.15) is 17.3 Å². The summed E-state index contributed by atoms with van der Waals surface area (Å²) in [6, 6.07) is 15.6. The van der Waals surface area contributed by atoms with Crippen LogP contribution >= 0.6 is 0 Å². The van der Waals surface area contributed by atoms with Crippen molar-refractivity contribution in [1.82, 2.24) is 9.97 Å². The number of aryl methyl sites for hydroxylation is 1. The molecule has 0 spiro atoms. The van der Waals surface area contributed by atoms with Crippen LogP contribution in [0.3, 0.4) is 0 Å². The molecule has 0 unspecified atom stereocenters. The second-order valence-corrected chi connectivity index (χ2v) is 6.38. The highest BCUT2D eigenvalue weighted by Gasteiger charge is 2.18. The maximum Gasteiger partial charge on any atom is 0.278 e. The number of methoxy groups -OCH3 is 1. The number of aromatic nitrogens is 2. The highest BCUT2D eigenvalue weighted by atomic mass is 16.5. The van der Waals surface area contributed by atoms with E-state index in [9.17, 15) is 4.79 Å². The van der Waals surface area contributed by atoms with Crippen molar-refractivity contribution in [3.63, 3.8) is 0 Å². The first-order chi connectivity index (χ1) is 13.6. The van der Waals surface area contributed by atoms with Gasteiger partial charge >= 0.3 is 0 Å². The largest absolute Gasteiger partial charge is 0.497 e. The molecule has 0 radical (unpaired) electrons. The number of rotatable bonds is 7. The van der Waals surface area contributed by atoms with Crippen molar-refractivity contribution in [2.45, 2.75) is 20.4 Å². The Morgan fingerprint density at radius 3 is 2.50 bits per heavy atom. The van der Waals surface area contributed by atoms with Gasteiger partial charge in [-0.15, -0.1) is 0 Å². The predicted octanol–water partition coefficient (Wildman–Crippen LogP) is 4.07. The molecule has 1 amide bonds. The van der Waals surface area contributed by atoms with Crippen molar-refractivity contribution in [2.24, 2.45) is 0 Å². The zero-order valence-corrected chi connectivity index (χ0v) is 16.3. The van der Waals surface area contributed by atoms with Crippen LogP contribution in [-0.4, -0.2) is 29.5 Å². The minimum absolute atomic E-state index is 0.165. The van der Waals surface area contributed by atoms with E-state index in [1.165, 1.54) is 6.20 Å². The predicted molar refractivity (Wildman–Crippen MR) is 111 cm³/mol. The number of nitrogens with one attached hydrogen (secondary N) is 1. The number of hydrogen-bond donors (Lipinski definition) is 1. The summed E-state index contributed by atoms with van der Waals surface area (Å²) < 4.78 is 5.16. The highest BCUT2D eigenvalue weighted by Crippen LogP contribution is 2.18. The molecule has 6 heteroatoms. The molecule has 1 aromatic heterocycles. The first-order valence-electron chi connectivity index (χ1n) is 9.18. The number of hydrogen-bond acceptors (Lipinski definition) is 5. The molecule has 28 heavy (non-hydrogen) atoms. The van der Waals surface area contributed by atoms with E-state index in [1.807, 2.05) is 62.4 Å². The maximum atomic E-state index is 12.8. The third-order valence-corrected chi connectivity index (χ3v) is 4.38. The monoisotopic (exact) mass is 376 g/mol. The summed E-state index contributed by atoms with van der Waals surface area (Å²) in [5, 5.41) is 3.21. The maximum absolute atomic E-state index is 12.8. The SMILES string of the molecule is CCN(C(=O)c1cnc(NCc2ccc(OC)cc2)cn1)c1cccc(C)c1. The molecule has 144 valence electrons. The number of amides is 1. The first kappa shape index (κ1) is 19.4. The van der Waals surface area contributed by atoms with Crippen LogP contribution in [-0.2, 0) is 6.54 Å². The van der Waals surface area contributed by atoms with Crippen molar-refractivity contribution >= 4 is 17.4 Å². The van der Waals surface area contributed by atoms with E-state index in [-0.39, 0.29) is 5.91 Å². The van der Waals surface area contributed by atoms with Crippen molar-refractivity contribution < 1.29 is 9.53 Å². The summed E-state index contributed by atoms with van der Waals surface area (Å²) in [6.45, 7) is 5.11. The Morgan fingerprint density at radius 1 is 1.11 bits per heavy atom. The third-order valence-electron chi connectivity index (χ3n) is 4.38. The molecule has 2 aromatic carbocycles. The highest BCUT2D eigenvalue weighted by molar-refractivity contribution is 6.04. The number of anilines is 2. The zero-order valence-electron chi connectivity index (χ0n) is 16.3. The fourth-order valence-corrected chi connectivity index (χ4v) is 2.84. The lowest BCUT2D eigenvalue weighted by Crippen LogP contribution is -2.31. The first-order valence-corrected chi connectivity index (χ1v) is 9.18. The van der Waals surface area contributed by atoms with Gasteiger partial charge in [0.15, 0.2) is 0 Å². The van der Waals surface area contributed by atoms with Crippen LogP contribution in [0.4, 0.5) is 11.5 Å². The van der Waals surface area contributed by atoms with E-state index in [4.69, 9.17) is 4.74 Å². The lowest BCUT2D eigenvalue weighted by molar-refractivity contribution is 0.0983. The van der Waals surface area contributed by atoms with Gasteiger partial charge in [-0.1, -0.05) is 24.3 Å². The average molecular weight is 376 g/mol. The summed E-state index contributed by atoms with van der Waals surface area (Å²) in [5.74, 6) is 1.27. The molecule has 0 aliphatic heterocycles. The lowest BCUT2D eigenvalue weighted by Gasteiger charge is -2.21. The van der Waals surface area contributed by atoms with Crippen molar-refractivity contribution in [3.05, 3.63) is 77.7 Å². The number of nitrogens with zero attached hydrogens (tertiary/aromatic N) is 3. The molecule has 0 fully saturated rings. The van der Waals surface area contributed by atoms with Crippen LogP contribution in [0.2, 0.25) is 0 Å². The van der Waals surface area contributed by atoms with Crippen molar-refractivity contribution in [2.75, 3.05) is 23.9 Å². The summed E-state index contributed by atoms with van der Waals surface area (Å²) >= 11 is 0. The molecule has 0 aliphatic carbocycles. The summed E-state index contributed by atoms with van der Waals surface area (Å²) in [7, 11) is 1.64. The van der Waals surface area contributed by atoms with Gasteiger partial charge in [-0.2, -0.15) is 0 Å². The third kappa shape index (κ3) is 4.65. The Labute approximate surface area is 165 Å². The molecule has 0 saturated carbocycles. The smallest absolute Gasteiger partial charge is 0.278 e. The fraction of sp³-hybridized carbons (Fsp3) is 0.227. The number of carbonyl (C=O) groups is 1. The number of carbonyl (C=O) groups excluding carboxylic acids is 1. The van der Waals surface area contributed by atoms with Crippen LogP contribution in [0.1, 0.15) is 28.5 Å². The Kier molecular flexibility index (Phi) is 6.22. The molecule has 0 aliphatic rings. The molecular weight excluding hydrogens is 352 g/mol. The number of benzene rings is 2. The minimum atomic E-state index is -0.165. The molecule has 1 N–H and O–H groups in total. The van der Waals surface area contributed by atoms with Gasteiger partial charge in [0, 0.05) is 18.8 Å². The summed E-state index contributed by atoms with van der Waals surface area (Å²) in [6.07, 6.45) is 3.10. The van der Waals surface area contributed by atoms with Crippen molar-refractivity contribution in [3.8, 4) is 5.75 Å². The van der Waals surface area contributed by atoms with Gasteiger partial charge < -0.3 is 15.0 Å². The second kappa shape index (κ2) is 8.99. The second-order valence-electron chi connectivity index (χ2n) is 6.38. The quantitative estimate of drug-likeness (QED) is 0.673. The summed E-state index contributed by atoms with van der Waals surface area (Å²) in [4.78, 5) is 23.2. The van der Waals surface area contributed by atoms with Crippen LogP contribution < -0.4 is 15.0 Å². The minimum Gasteiger partial charge on any atom is -0.497 e. The van der Waals surface area contributed by atoms with Gasteiger partial charge in [-0.3, -0.25) is 4.79 Å². The van der Waals surface area contributed by atoms with E-state index in [1.54, 1.807) is 18.2 Å². The van der Waals surface area contributed by atoms with Crippen LogP contribution in [0, 0.1) is 6.92 Å².